The molecule has 0 saturated carbocycles. The molecule has 2 heterocycles. The molecule has 3 rings (SSSR count). The van der Waals surface area contributed by atoms with Crippen LogP contribution in [-0.4, -0.2) is 28.3 Å². The van der Waals surface area contributed by atoms with Crippen LogP contribution in [0, 0.1) is 6.92 Å². The number of piperidine rings is 1. The average molecular weight is 283 g/mol. The summed E-state index contributed by atoms with van der Waals surface area (Å²) in [4.78, 5) is 6.86. The molecule has 0 radical (unpaired) electrons. The summed E-state index contributed by atoms with van der Waals surface area (Å²) in [5.74, 6) is 1.52. The van der Waals surface area contributed by atoms with Gasteiger partial charge in [0.2, 0.25) is 5.95 Å². The van der Waals surface area contributed by atoms with Crippen LogP contribution in [0.5, 0.6) is 0 Å². The van der Waals surface area contributed by atoms with Crippen LogP contribution < -0.4 is 10.2 Å². The summed E-state index contributed by atoms with van der Waals surface area (Å²) in [7, 11) is 0. The van der Waals surface area contributed by atoms with E-state index in [1.807, 2.05) is 0 Å². The van der Waals surface area contributed by atoms with Crippen molar-refractivity contribution in [3.8, 4) is 0 Å². The van der Waals surface area contributed by atoms with E-state index in [0.29, 0.717) is 12.5 Å². The quantitative estimate of drug-likeness (QED) is 0.935. The second-order valence-corrected chi connectivity index (χ2v) is 5.53. The van der Waals surface area contributed by atoms with Gasteiger partial charge in [0.1, 0.15) is 0 Å². The highest BCUT2D eigenvalue weighted by atomic mass is 15.3. The maximum Gasteiger partial charge on any atom is 0.244 e. The minimum atomic E-state index is 0.596. The number of hydrogen-bond acceptors (Lipinski definition) is 5. The minimum Gasteiger partial charge on any atom is -0.355 e. The third kappa shape index (κ3) is 3.68. The third-order valence-corrected chi connectivity index (χ3v) is 3.80. The molecule has 1 fully saturated rings. The second kappa shape index (κ2) is 6.52. The Balaban J connectivity index is 1.64. The smallest absolute Gasteiger partial charge is 0.244 e. The number of hydrogen-bond donors (Lipinski definition) is 1. The van der Waals surface area contributed by atoms with Gasteiger partial charge in [0.15, 0.2) is 5.82 Å². The van der Waals surface area contributed by atoms with Crippen molar-refractivity contribution in [3.63, 3.8) is 0 Å². The Morgan fingerprint density at radius 1 is 1.10 bits per heavy atom. The molecular formula is C16H21N5. The highest BCUT2D eigenvalue weighted by Crippen LogP contribution is 2.17. The van der Waals surface area contributed by atoms with E-state index < -0.39 is 0 Å². The predicted octanol–water partition coefficient (Wildman–Crippen LogP) is 2.78. The standard InChI is InChI=1S/C16H21N5/c1-13-5-7-14(8-6-13)11-17-16-19-15(12-18-20-16)21-9-3-2-4-10-21/h5-8,12H,2-4,9-11H2,1H3,(H,17,19,20). The van der Waals surface area contributed by atoms with E-state index in [1.54, 1.807) is 6.20 Å². The summed E-state index contributed by atoms with van der Waals surface area (Å²) in [6, 6.07) is 8.45. The lowest BCUT2D eigenvalue weighted by molar-refractivity contribution is 0.572. The molecule has 1 N–H and O–H groups in total. The Kier molecular flexibility index (Phi) is 4.28. The van der Waals surface area contributed by atoms with E-state index in [9.17, 15) is 0 Å². The lowest BCUT2D eigenvalue weighted by Gasteiger charge is -2.27. The highest BCUT2D eigenvalue weighted by molar-refractivity contribution is 5.40. The number of benzene rings is 1. The molecule has 2 aromatic rings. The number of aryl methyl sites for hydroxylation is 1. The zero-order chi connectivity index (χ0) is 14.5. The van der Waals surface area contributed by atoms with Crippen molar-refractivity contribution >= 4 is 11.8 Å². The van der Waals surface area contributed by atoms with Gasteiger partial charge >= 0.3 is 0 Å². The Bertz CT molecular complexity index is 575. The van der Waals surface area contributed by atoms with Crippen LogP contribution in [0.1, 0.15) is 30.4 Å². The first-order chi connectivity index (χ1) is 10.3. The molecule has 1 aliphatic heterocycles. The van der Waals surface area contributed by atoms with E-state index >= 15 is 0 Å². The van der Waals surface area contributed by atoms with Crippen LogP contribution in [0.2, 0.25) is 0 Å². The SMILES string of the molecule is Cc1ccc(CNc2nncc(N3CCCCC3)n2)cc1. The molecule has 5 heteroatoms. The third-order valence-electron chi connectivity index (χ3n) is 3.80. The first-order valence-electron chi connectivity index (χ1n) is 7.55. The van der Waals surface area contributed by atoms with Gasteiger partial charge in [-0.05, 0) is 31.7 Å². The number of nitrogens with zero attached hydrogens (tertiary/aromatic N) is 4. The molecule has 21 heavy (non-hydrogen) atoms. The first-order valence-corrected chi connectivity index (χ1v) is 7.55. The van der Waals surface area contributed by atoms with Crippen LogP contribution >= 0.6 is 0 Å². The van der Waals surface area contributed by atoms with E-state index in [1.165, 1.54) is 30.4 Å². The molecule has 1 aromatic carbocycles. The summed E-state index contributed by atoms with van der Waals surface area (Å²) in [6.07, 6.45) is 5.53. The number of aromatic nitrogens is 3. The minimum absolute atomic E-state index is 0.596. The topological polar surface area (TPSA) is 53.9 Å². The fourth-order valence-electron chi connectivity index (χ4n) is 2.53. The van der Waals surface area contributed by atoms with E-state index in [2.05, 4.69) is 56.6 Å². The average Bonchev–Trinajstić information content (AvgIpc) is 2.55. The zero-order valence-corrected chi connectivity index (χ0v) is 12.4. The molecule has 0 amide bonds. The predicted molar refractivity (Wildman–Crippen MR) is 84.4 cm³/mol. The molecule has 0 bridgehead atoms. The molecule has 0 spiro atoms. The van der Waals surface area contributed by atoms with Crippen molar-refractivity contribution in [2.75, 3.05) is 23.3 Å². The van der Waals surface area contributed by atoms with Gasteiger partial charge in [0, 0.05) is 19.6 Å². The van der Waals surface area contributed by atoms with Crippen LogP contribution in [0.3, 0.4) is 0 Å². The Morgan fingerprint density at radius 3 is 2.62 bits per heavy atom. The van der Waals surface area contributed by atoms with Crippen molar-refractivity contribution in [1.29, 1.82) is 0 Å². The second-order valence-electron chi connectivity index (χ2n) is 5.53. The molecule has 0 aliphatic carbocycles. The van der Waals surface area contributed by atoms with E-state index in [4.69, 9.17) is 0 Å². The molecule has 5 nitrogen and oxygen atoms in total. The normalized spacial score (nSPS) is 15.0. The van der Waals surface area contributed by atoms with Gasteiger partial charge in [-0.2, -0.15) is 10.1 Å². The summed E-state index contributed by atoms with van der Waals surface area (Å²) >= 11 is 0. The Labute approximate surface area is 125 Å². The van der Waals surface area contributed by atoms with Gasteiger partial charge in [-0.25, -0.2) is 0 Å². The lowest BCUT2D eigenvalue weighted by Crippen LogP contribution is -2.30. The lowest BCUT2D eigenvalue weighted by atomic mass is 10.1. The summed E-state index contributed by atoms with van der Waals surface area (Å²) < 4.78 is 0. The highest BCUT2D eigenvalue weighted by Gasteiger charge is 2.13. The van der Waals surface area contributed by atoms with Gasteiger partial charge in [-0.3, -0.25) is 0 Å². The fraction of sp³-hybridized carbons (Fsp3) is 0.438. The summed E-state index contributed by atoms with van der Waals surface area (Å²) in [5.41, 5.74) is 2.48. The fourth-order valence-corrected chi connectivity index (χ4v) is 2.53. The Hall–Kier alpha value is -2.17. The molecule has 110 valence electrons. The van der Waals surface area contributed by atoms with Gasteiger partial charge in [-0.15, -0.1) is 5.10 Å². The maximum atomic E-state index is 4.57. The molecule has 1 aliphatic rings. The van der Waals surface area contributed by atoms with E-state index in [0.717, 1.165) is 18.9 Å². The van der Waals surface area contributed by atoms with Crippen molar-refractivity contribution in [2.24, 2.45) is 0 Å². The largest absolute Gasteiger partial charge is 0.355 e. The van der Waals surface area contributed by atoms with Crippen molar-refractivity contribution in [2.45, 2.75) is 32.7 Å². The van der Waals surface area contributed by atoms with Crippen molar-refractivity contribution in [1.82, 2.24) is 15.2 Å². The number of anilines is 2. The monoisotopic (exact) mass is 283 g/mol. The molecule has 0 unspecified atom stereocenters. The summed E-state index contributed by atoms with van der Waals surface area (Å²) in [5, 5.41) is 11.4. The van der Waals surface area contributed by atoms with Crippen LogP contribution in [-0.2, 0) is 6.54 Å². The molecular weight excluding hydrogens is 262 g/mol. The maximum absolute atomic E-state index is 4.57. The van der Waals surface area contributed by atoms with Gasteiger partial charge in [0.05, 0.1) is 6.20 Å². The van der Waals surface area contributed by atoms with Gasteiger partial charge < -0.3 is 10.2 Å². The zero-order valence-electron chi connectivity index (χ0n) is 12.4. The molecule has 0 atom stereocenters. The summed E-state index contributed by atoms with van der Waals surface area (Å²) in [6.45, 7) is 4.93. The van der Waals surface area contributed by atoms with Crippen LogP contribution in [0.15, 0.2) is 30.5 Å². The molecule has 1 aromatic heterocycles. The van der Waals surface area contributed by atoms with Crippen LogP contribution in [0.25, 0.3) is 0 Å². The number of rotatable bonds is 4. The molecule has 1 saturated heterocycles. The van der Waals surface area contributed by atoms with Crippen LogP contribution in [0.4, 0.5) is 11.8 Å². The van der Waals surface area contributed by atoms with Gasteiger partial charge in [-0.1, -0.05) is 29.8 Å². The Morgan fingerprint density at radius 2 is 1.86 bits per heavy atom. The van der Waals surface area contributed by atoms with E-state index in [-0.39, 0.29) is 0 Å². The number of nitrogens with one attached hydrogen (secondary N) is 1. The van der Waals surface area contributed by atoms with Crippen molar-refractivity contribution in [3.05, 3.63) is 41.6 Å². The first kappa shape index (κ1) is 13.8. The van der Waals surface area contributed by atoms with Gasteiger partial charge in [0.25, 0.3) is 0 Å². The van der Waals surface area contributed by atoms with Crippen molar-refractivity contribution < 1.29 is 0 Å².